The van der Waals surface area contributed by atoms with Crippen LogP contribution >= 0.6 is 16.8 Å². The van der Waals surface area contributed by atoms with E-state index in [0.717, 1.165) is 21.9 Å². The molecule has 206 valence electrons. The lowest BCUT2D eigenvalue weighted by molar-refractivity contribution is 0.230. The molecule has 6 aromatic rings. The van der Waals surface area contributed by atoms with Crippen molar-refractivity contribution >= 4 is 49.0 Å². The van der Waals surface area contributed by atoms with Crippen molar-refractivity contribution in [1.29, 1.82) is 0 Å². The number of fused-ring (bicyclic) bond motifs is 2. The normalized spacial score (nSPS) is 11.3. The van der Waals surface area contributed by atoms with Crippen LogP contribution in [0.3, 0.4) is 0 Å². The predicted molar refractivity (Wildman–Crippen MR) is 179 cm³/mol. The summed E-state index contributed by atoms with van der Waals surface area (Å²) in [5.41, 5.74) is 4.51. The van der Waals surface area contributed by atoms with Crippen molar-refractivity contribution < 1.29 is 13.6 Å². The van der Waals surface area contributed by atoms with Crippen molar-refractivity contribution in [3.05, 3.63) is 133 Å². The number of rotatable bonds is 7. The highest BCUT2D eigenvalue weighted by atomic mass is 31.2. The lowest BCUT2D eigenvalue weighted by Gasteiger charge is -2.20. The third-order valence-electron chi connectivity index (χ3n) is 6.92. The molecule has 0 amide bonds. The summed E-state index contributed by atoms with van der Waals surface area (Å²) in [5.74, 6) is 0. The molecule has 0 N–H and O–H groups in total. The molecule has 0 saturated carbocycles. The molecular weight excluding hydrogens is 542 g/mol. The average molecular weight is 577 g/mol. The Labute approximate surface area is 244 Å². The molecule has 0 aromatic heterocycles. The van der Waals surface area contributed by atoms with Gasteiger partial charge in [0.15, 0.2) is 0 Å². The molecule has 6 rings (SSSR count). The fourth-order valence-corrected chi connectivity index (χ4v) is 7.27. The predicted octanol–water partition coefficient (Wildman–Crippen LogP) is 9.41. The van der Waals surface area contributed by atoms with E-state index in [1.165, 1.54) is 27.2 Å². The third kappa shape index (κ3) is 6.35. The largest absolute Gasteiger partial charge is 0.361 e. The van der Waals surface area contributed by atoms with Gasteiger partial charge in [0.05, 0.1) is 18.5 Å². The molecule has 0 heterocycles. The van der Waals surface area contributed by atoms with E-state index < -0.39 is 7.60 Å². The van der Waals surface area contributed by atoms with Gasteiger partial charge in [0.25, 0.3) is 0 Å². The van der Waals surface area contributed by atoms with E-state index in [-0.39, 0.29) is 0 Å². The molecular formula is C36H34O3P2. The van der Waals surface area contributed by atoms with Gasteiger partial charge in [-0.2, -0.15) is 0 Å². The molecule has 0 fully saturated rings. The maximum atomic E-state index is 13.3. The zero-order chi connectivity index (χ0) is 28.7. The van der Waals surface area contributed by atoms with Gasteiger partial charge < -0.3 is 9.05 Å². The molecule has 6 aromatic carbocycles. The molecule has 0 radical (unpaired) electrons. The first kappa shape index (κ1) is 28.9. The van der Waals surface area contributed by atoms with Crippen LogP contribution in [-0.4, -0.2) is 13.2 Å². The molecule has 0 aliphatic carbocycles. The lowest BCUT2D eigenvalue weighted by Crippen LogP contribution is -2.13. The molecule has 0 bridgehead atoms. The van der Waals surface area contributed by atoms with Gasteiger partial charge in [-0.15, -0.1) is 9.24 Å². The van der Waals surface area contributed by atoms with E-state index in [0.29, 0.717) is 18.5 Å². The lowest BCUT2D eigenvalue weighted by atomic mass is 9.98. The van der Waals surface area contributed by atoms with Gasteiger partial charge in [0.1, 0.15) is 0 Å². The highest BCUT2D eigenvalue weighted by Gasteiger charge is 2.30. The van der Waals surface area contributed by atoms with Crippen LogP contribution in [0.15, 0.2) is 133 Å². The molecule has 0 aliphatic rings. The topological polar surface area (TPSA) is 35.5 Å². The van der Waals surface area contributed by atoms with E-state index in [2.05, 4.69) is 94.2 Å². The Morgan fingerprint density at radius 1 is 0.512 bits per heavy atom. The van der Waals surface area contributed by atoms with E-state index in [4.69, 9.17) is 9.05 Å². The van der Waals surface area contributed by atoms with Crippen LogP contribution in [0.4, 0.5) is 0 Å². The summed E-state index contributed by atoms with van der Waals surface area (Å²) in [4.78, 5) is 0. The SMILES string of the molecule is CCOP(=O)(OCC)c1ccccc1-c1cccc2ccccc12.Pc1ccccc1-c1cccc2ccccc12. The van der Waals surface area contributed by atoms with Gasteiger partial charge >= 0.3 is 7.60 Å². The smallest absolute Gasteiger partial charge is 0.305 e. The summed E-state index contributed by atoms with van der Waals surface area (Å²) in [5, 5.41) is 6.72. The molecule has 3 nitrogen and oxygen atoms in total. The van der Waals surface area contributed by atoms with Crippen molar-refractivity contribution in [2.24, 2.45) is 0 Å². The first-order chi connectivity index (χ1) is 20.1. The zero-order valence-electron chi connectivity index (χ0n) is 23.4. The van der Waals surface area contributed by atoms with E-state index in [1.807, 2.05) is 62.4 Å². The van der Waals surface area contributed by atoms with Crippen LogP contribution in [0, 0.1) is 0 Å². The first-order valence-corrected chi connectivity index (χ1v) is 16.0. The Kier molecular flexibility index (Phi) is 9.45. The second kappa shape index (κ2) is 13.4. The van der Waals surface area contributed by atoms with E-state index in [9.17, 15) is 4.57 Å². The monoisotopic (exact) mass is 576 g/mol. The number of hydrogen-bond acceptors (Lipinski definition) is 3. The van der Waals surface area contributed by atoms with Crippen molar-refractivity contribution in [1.82, 2.24) is 0 Å². The summed E-state index contributed by atoms with van der Waals surface area (Å²) in [6.07, 6.45) is 0. The van der Waals surface area contributed by atoms with Crippen molar-refractivity contribution in [3.63, 3.8) is 0 Å². The van der Waals surface area contributed by atoms with Crippen molar-refractivity contribution in [2.75, 3.05) is 13.2 Å². The van der Waals surface area contributed by atoms with Gasteiger partial charge in [0.2, 0.25) is 0 Å². The van der Waals surface area contributed by atoms with E-state index >= 15 is 0 Å². The fraction of sp³-hybridized carbons (Fsp3) is 0.111. The molecule has 0 aliphatic heterocycles. The highest BCUT2D eigenvalue weighted by Crippen LogP contribution is 2.49. The summed E-state index contributed by atoms with van der Waals surface area (Å²) in [6, 6.07) is 45.4. The fourth-order valence-electron chi connectivity index (χ4n) is 5.12. The standard InChI is InChI=1S/C20H21O3P.C16H13P/c1-3-22-24(21,23-4-2)20-15-8-7-13-19(20)18-14-9-11-16-10-5-6-12-17(16)18;17-16-11-4-3-9-15(16)14-10-5-7-12-6-1-2-8-13(12)14/h5-15H,3-4H2,1-2H3;1-11H,17H2. The minimum Gasteiger partial charge on any atom is -0.305 e. The maximum absolute atomic E-state index is 13.3. The van der Waals surface area contributed by atoms with Crippen LogP contribution in [0.2, 0.25) is 0 Å². The number of benzene rings is 6. The minimum atomic E-state index is -3.35. The maximum Gasteiger partial charge on any atom is 0.361 e. The summed E-state index contributed by atoms with van der Waals surface area (Å²) in [6.45, 7) is 4.32. The molecule has 5 heteroatoms. The van der Waals surface area contributed by atoms with E-state index in [1.54, 1.807) is 0 Å². The van der Waals surface area contributed by atoms with Gasteiger partial charge in [-0.3, -0.25) is 4.57 Å². The Hall–Kier alpha value is -3.58. The van der Waals surface area contributed by atoms with Crippen molar-refractivity contribution in [2.45, 2.75) is 13.8 Å². The van der Waals surface area contributed by atoms with Gasteiger partial charge in [-0.1, -0.05) is 127 Å². The summed E-state index contributed by atoms with van der Waals surface area (Å²) in [7, 11) is -0.542. The minimum absolute atomic E-state index is 0.334. The summed E-state index contributed by atoms with van der Waals surface area (Å²) < 4.78 is 24.4. The molecule has 0 spiro atoms. The van der Waals surface area contributed by atoms with Gasteiger partial charge in [-0.05, 0) is 69.0 Å². The Balaban J connectivity index is 0.000000174. The quantitative estimate of drug-likeness (QED) is 0.178. The Morgan fingerprint density at radius 3 is 1.49 bits per heavy atom. The Morgan fingerprint density at radius 2 is 0.927 bits per heavy atom. The Bertz CT molecular complexity index is 1810. The van der Waals surface area contributed by atoms with Crippen LogP contribution in [-0.2, 0) is 13.6 Å². The molecule has 1 unspecified atom stereocenters. The highest BCUT2D eigenvalue weighted by molar-refractivity contribution is 7.62. The molecule has 1 atom stereocenters. The number of hydrogen-bond donors (Lipinski definition) is 0. The average Bonchev–Trinajstić information content (AvgIpc) is 3.01. The van der Waals surface area contributed by atoms with Crippen LogP contribution in [0.25, 0.3) is 43.8 Å². The van der Waals surface area contributed by atoms with Crippen LogP contribution in [0.1, 0.15) is 13.8 Å². The summed E-state index contributed by atoms with van der Waals surface area (Å²) >= 11 is 0. The van der Waals surface area contributed by atoms with Gasteiger partial charge in [-0.25, -0.2) is 0 Å². The van der Waals surface area contributed by atoms with Crippen molar-refractivity contribution in [3.8, 4) is 22.3 Å². The second-order valence-corrected chi connectivity index (χ2v) is 12.1. The zero-order valence-corrected chi connectivity index (χ0v) is 25.4. The third-order valence-corrected chi connectivity index (χ3v) is 9.60. The molecule has 0 saturated heterocycles. The second-order valence-electron chi connectivity index (χ2n) is 9.49. The van der Waals surface area contributed by atoms with Crippen LogP contribution in [0.5, 0.6) is 0 Å². The van der Waals surface area contributed by atoms with Gasteiger partial charge in [0, 0.05) is 0 Å². The van der Waals surface area contributed by atoms with Crippen LogP contribution < -0.4 is 10.6 Å². The first-order valence-electron chi connectivity index (χ1n) is 13.8. The molecule has 41 heavy (non-hydrogen) atoms.